The molecule has 0 amide bonds. The Morgan fingerprint density at radius 3 is 2.86 bits per heavy atom. The maximum atomic E-state index is 14.0. The van der Waals surface area contributed by atoms with Crippen molar-refractivity contribution < 1.29 is 4.39 Å². The lowest BCUT2D eigenvalue weighted by Crippen LogP contribution is -2.35. The summed E-state index contributed by atoms with van der Waals surface area (Å²) in [5, 5.41) is 3.56. The average Bonchev–Trinajstić information content (AvgIpc) is 2.64. The zero-order valence-corrected chi connectivity index (χ0v) is 13.7. The number of rotatable bonds is 5. The monoisotopic (exact) mass is 292 g/mol. The predicted molar refractivity (Wildman–Crippen MR) is 87.0 cm³/mol. The fourth-order valence-electron chi connectivity index (χ4n) is 3.42. The number of nitrogens with zero attached hydrogens (tertiary/aromatic N) is 1. The van der Waals surface area contributed by atoms with Gasteiger partial charge in [-0.2, -0.15) is 0 Å². The molecule has 2 nitrogen and oxygen atoms in total. The van der Waals surface area contributed by atoms with Crippen molar-refractivity contribution >= 4 is 0 Å². The lowest BCUT2D eigenvalue weighted by molar-refractivity contribution is 0.189. The number of nitrogens with one attached hydrogen (secondary N) is 1. The molecule has 0 spiro atoms. The van der Waals surface area contributed by atoms with E-state index < -0.39 is 0 Å². The molecule has 118 valence electrons. The largest absolute Gasteiger partial charge is 0.316 e. The number of hydrogen-bond donors (Lipinski definition) is 1. The third kappa shape index (κ3) is 4.27. The van der Waals surface area contributed by atoms with Gasteiger partial charge in [-0.1, -0.05) is 25.5 Å². The summed E-state index contributed by atoms with van der Waals surface area (Å²) in [6.45, 7) is 7.22. The molecule has 1 N–H and O–H groups in total. The van der Waals surface area contributed by atoms with Crippen LogP contribution in [0.25, 0.3) is 0 Å². The van der Waals surface area contributed by atoms with Gasteiger partial charge in [0.1, 0.15) is 5.82 Å². The minimum atomic E-state index is -0.0783. The zero-order valence-electron chi connectivity index (χ0n) is 13.7. The summed E-state index contributed by atoms with van der Waals surface area (Å²) in [7, 11) is 2.18. The highest BCUT2D eigenvalue weighted by Crippen LogP contribution is 2.34. The molecule has 1 fully saturated rings. The second-order valence-corrected chi connectivity index (χ2v) is 6.39. The van der Waals surface area contributed by atoms with Crippen molar-refractivity contribution in [3.8, 4) is 0 Å². The van der Waals surface area contributed by atoms with Gasteiger partial charge in [0.25, 0.3) is 0 Å². The zero-order chi connectivity index (χ0) is 15.2. The average molecular weight is 292 g/mol. The standard InChI is InChI=1S/C18H29FN2/c1-4-10-20-13-16-7-5-6-11-21(3)18(16)15-9-8-14(2)17(19)12-15/h8-9,12,16,18,20H,4-7,10-11,13H2,1-3H3. The van der Waals surface area contributed by atoms with Crippen molar-refractivity contribution in [3.63, 3.8) is 0 Å². The minimum Gasteiger partial charge on any atom is -0.316 e. The van der Waals surface area contributed by atoms with Crippen LogP contribution in [0, 0.1) is 18.7 Å². The van der Waals surface area contributed by atoms with E-state index >= 15 is 0 Å². The third-order valence-electron chi connectivity index (χ3n) is 4.63. The third-order valence-corrected chi connectivity index (χ3v) is 4.63. The van der Waals surface area contributed by atoms with Crippen LogP contribution in [0.5, 0.6) is 0 Å². The molecule has 1 aliphatic rings. The highest BCUT2D eigenvalue weighted by atomic mass is 19.1. The quantitative estimate of drug-likeness (QED) is 0.828. The molecule has 2 atom stereocenters. The normalized spacial score (nSPS) is 24.0. The molecule has 0 radical (unpaired) electrons. The SMILES string of the molecule is CCCNCC1CCCCN(C)C1c1ccc(C)c(F)c1. The summed E-state index contributed by atoms with van der Waals surface area (Å²) in [5.74, 6) is 0.483. The number of likely N-dealkylation sites (tertiary alicyclic amines) is 1. The van der Waals surface area contributed by atoms with Crippen molar-refractivity contribution in [3.05, 3.63) is 35.1 Å². The molecule has 2 unspecified atom stereocenters. The van der Waals surface area contributed by atoms with E-state index in [1.54, 1.807) is 6.07 Å². The Balaban J connectivity index is 2.20. The molecule has 0 aliphatic carbocycles. The minimum absolute atomic E-state index is 0.0783. The highest BCUT2D eigenvalue weighted by molar-refractivity contribution is 5.26. The van der Waals surface area contributed by atoms with E-state index in [0.29, 0.717) is 12.0 Å². The molecule has 3 heteroatoms. The molecule has 1 heterocycles. The van der Waals surface area contributed by atoms with Crippen LogP contribution in [0.1, 0.15) is 49.8 Å². The van der Waals surface area contributed by atoms with E-state index in [1.807, 2.05) is 13.0 Å². The molecule has 0 saturated carbocycles. The van der Waals surface area contributed by atoms with Crippen molar-refractivity contribution in [2.75, 3.05) is 26.7 Å². The lowest BCUT2D eigenvalue weighted by atomic mass is 9.88. The van der Waals surface area contributed by atoms with Crippen molar-refractivity contribution in [2.24, 2.45) is 5.92 Å². The van der Waals surface area contributed by atoms with Gasteiger partial charge in [0, 0.05) is 6.04 Å². The lowest BCUT2D eigenvalue weighted by Gasteiger charge is -2.33. The number of hydrogen-bond acceptors (Lipinski definition) is 2. The van der Waals surface area contributed by atoms with Gasteiger partial charge in [-0.15, -0.1) is 0 Å². The fraction of sp³-hybridized carbons (Fsp3) is 0.667. The van der Waals surface area contributed by atoms with Gasteiger partial charge in [-0.3, -0.25) is 4.90 Å². The first-order valence-corrected chi connectivity index (χ1v) is 8.30. The smallest absolute Gasteiger partial charge is 0.126 e. The van der Waals surface area contributed by atoms with Gasteiger partial charge in [-0.05, 0) is 76.0 Å². The van der Waals surface area contributed by atoms with Gasteiger partial charge in [0.2, 0.25) is 0 Å². The van der Waals surface area contributed by atoms with Crippen LogP contribution in [-0.4, -0.2) is 31.6 Å². The molecular formula is C18H29FN2. The maximum absolute atomic E-state index is 14.0. The van der Waals surface area contributed by atoms with Gasteiger partial charge >= 0.3 is 0 Å². The number of aryl methyl sites for hydroxylation is 1. The summed E-state index contributed by atoms with van der Waals surface area (Å²) >= 11 is 0. The Kier molecular flexibility index (Phi) is 6.19. The fourth-order valence-corrected chi connectivity index (χ4v) is 3.42. The molecule has 1 saturated heterocycles. The second-order valence-electron chi connectivity index (χ2n) is 6.39. The molecule has 2 rings (SSSR count). The Morgan fingerprint density at radius 2 is 2.14 bits per heavy atom. The summed E-state index contributed by atoms with van der Waals surface area (Å²) < 4.78 is 14.0. The van der Waals surface area contributed by atoms with E-state index in [1.165, 1.54) is 19.3 Å². The van der Waals surface area contributed by atoms with E-state index in [4.69, 9.17) is 0 Å². The van der Waals surface area contributed by atoms with E-state index in [9.17, 15) is 4.39 Å². The van der Waals surface area contributed by atoms with Gasteiger partial charge < -0.3 is 5.32 Å². The number of halogens is 1. The Bertz CT molecular complexity index is 447. The first-order valence-electron chi connectivity index (χ1n) is 8.30. The van der Waals surface area contributed by atoms with Crippen LogP contribution < -0.4 is 5.32 Å². The summed E-state index contributed by atoms with van der Waals surface area (Å²) in [4.78, 5) is 2.41. The van der Waals surface area contributed by atoms with Crippen molar-refractivity contribution in [2.45, 2.75) is 45.6 Å². The molecule has 1 aliphatic heterocycles. The van der Waals surface area contributed by atoms with Crippen LogP contribution in [-0.2, 0) is 0 Å². The Labute approximate surface area is 128 Å². The van der Waals surface area contributed by atoms with Crippen LogP contribution >= 0.6 is 0 Å². The van der Waals surface area contributed by atoms with Crippen molar-refractivity contribution in [1.29, 1.82) is 0 Å². The van der Waals surface area contributed by atoms with Crippen LogP contribution in [0.4, 0.5) is 4.39 Å². The highest BCUT2D eigenvalue weighted by Gasteiger charge is 2.29. The Hall–Kier alpha value is -0.930. The number of benzene rings is 1. The van der Waals surface area contributed by atoms with Gasteiger partial charge in [-0.25, -0.2) is 4.39 Å². The first-order chi connectivity index (χ1) is 10.1. The van der Waals surface area contributed by atoms with E-state index in [2.05, 4.69) is 30.3 Å². The molecular weight excluding hydrogens is 263 g/mol. The van der Waals surface area contributed by atoms with Gasteiger partial charge in [0.15, 0.2) is 0 Å². The maximum Gasteiger partial charge on any atom is 0.126 e. The predicted octanol–water partition coefficient (Wildman–Crippen LogP) is 3.91. The van der Waals surface area contributed by atoms with E-state index in [0.717, 1.165) is 37.2 Å². The molecule has 1 aromatic rings. The van der Waals surface area contributed by atoms with Crippen LogP contribution in [0.3, 0.4) is 0 Å². The summed E-state index contributed by atoms with van der Waals surface area (Å²) in [6.07, 6.45) is 4.90. The molecule has 0 bridgehead atoms. The molecule has 1 aromatic carbocycles. The van der Waals surface area contributed by atoms with E-state index in [-0.39, 0.29) is 5.82 Å². The summed E-state index contributed by atoms with van der Waals surface area (Å²) in [5.41, 5.74) is 1.86. The Morgan fingerprint density at radius 1 is 1.33 bits per heavy atom. The molecule has 21 heavy (non-hydrogen) atoms. The van der Waals surface area contributed by atoms with Gasteiger partial charge in [0.05, 0.1) is 0 Å². The van der Waals surface area contributed by atoms with Crippen LogP contribution in [0.15, 0.2) is 18.2 Å². The molecule has 0 aromatic heterocycles. The topological polar surface area (TPSA) is 15.3 Å². The first kappa shape index (κ1) is 16.4. The second kappa shape index (κ2) is 7.90. The van der Waals surface area contributed by atoms with Crippen molar-refractivity contribution in [1.82, 2.24) is 10.2 Å². The summed E-state index contributed by atoms with van der Waals surface area (Å²) in [6, 6.07) is 6.10. The van der Waals surface area contributed by atoms with Crippen LogP contribution in [0.2, 0.25) is 0 Å².